The molecular formula is C17H19N3O2. The van der Waals surface area contributed by atoms with E-state index in [2.05, 4.69) is 21.4 Å². The van der Waals surface area contributed by atoms with Gasteiger partial charge in [0.05, 0.1) is 0 Å². The predicted molar refractivity (Wildman–Crippen MR) is 84.0 cm³/mol. The molecule has 0 aliphatic heterocycles. The number of aryl methyl sites for hydroxylation is 3. The molecule has 1 unspecified atom stereocenters. The molecule has 1 aliphatic carbocycles. The van der Waals surface area contributed by atoms with Gasteiger partial charge in [-0.25, -0.2) is 9.97 Å². The standard InChI is InChI=1S/C17H19N3O2/c1-11-8-9-18-17(19-11)20-16(21)12(2)22-15-7-6-13-4-3-5-14(13)10-15/h6-10,12H,3-5H2,1-2H3,(H,18,19,20,21). The lowest BCUT2D eigenvalue weighted by atomic mass is 10.1. The fourth-order valence-corrected chi connectivity index (χ4v) is 2.60. The number of rotatable bonds is 4. The molecule has 0 bridgehead atoms. The van der Waals surface area contributed by atoms with Gasteiger partial charge in [0.15, 0.2) is 6.10 Å². The Morgan fingerprint density at radius 3 is 2.91 bits per heavy atom. The number of carbonyl (C=O) groups excluding carboxylic acids is 1. The maximum Gasteiger partial charge on any atom is 0.267 e. The summed E-state index contributed by atoms with van der Waals surface area (Å²) < 4.78 is 5.74. The molecule has 0 fully saturated rings. The summed E-state index contributed by atoms with van der Waals surface area (Å²) in [5, 5.41) is 2.67. The van der Waals surface area contributed by atoms with Gasteiger partial charge >= 0.3 is 0 Å². The summed E-state index contributed by atoms with van der Waals surface area (Å²) in [6.45, 7) is 3.57. The summed E-state index contributed by atoms with van der Waals surface area (Å²) >= 11 is 0. The van der Waals surface area contributed by atoms with Gasteiger partial charge in [0.1, 0.15) is 5.75 Å². The molecule has 2 aromatic rings. The van der Waals surface area contributed by atoms with Gasteiger partial charge in [-0.05, 0) is 62.4 Å². The lowest BCUT2D eigenvalue weighted by Crippen LogP contribution is -2.30. The van der Waals surface area contributed by atoms with Gasteiger partial charge in [-0.2, -0.15) is 0 Å². The second kappa shape index (κ2) is 6.13. The van der Waals surface area contributed by atoms with Crippen molar-refractivity contribution in [2.75, 3.05) is 5.32 Å². The van der Waals surface area contributed by atoms with Crippen molar-refractivity contribution >= 4 is 11.9 Å². The van der Waals surface area contributed by atoms with Crippen molar-refractivity contribution in [3.05, 3.63) is 47.3 Å². The number of hydrogen-bond donors (Lipinski definition) is 1. The van der Waals surface area contributed by atoms with E-state index >= 15 is 0 Å². The number of fused-ring (bicyclic) bond motifs is 1. The molecule has 1 heterocycles. The lowest BCUT2D eigenvalue weighted by Gasteiger charge is -2.15. The van der Waals surface area contributed by atoms with Gasteiger partial charge in [-0.3, -0.25) is 10.1 Å². The molecule has 0 radical (unpaired) electrons. The first-order valence-electron chi connectivity index (χ1n) is 7.51. The molecule has 5 nitrogen and oxygen atoms in total. The molecule has 0 saturated heterocycles. The molecule has 22 heavy (non-hydrogen) atoms. The number of hydrogen-bond acceptors (Lipinski definition) is 4. The lowest BCUT2D eigenvalue weighted by molar-refractivity contribution is -0.122. The van der Waals surface area contributed by atoms with Crippen molar-refractivity contribution in [3.63, 3.8) is 0 Å². The van der Waals surface area contributed by atoms with E-state index in [4.69, 9.17) is 4.74 Å². The van der Waals surface area contributed by atoms with Crippen molar-refractivity contribution in [2.45, 2.75) is 39.2 Å². The van der Waals surface area contributed by atoms with Crippen LogP contribution in [0.1, 0.15) is 30.2 Å². The minimum atomic E-state index is -0.608. The van der Waals surface area contributed by atoms with Crippen molar-refractivity contribution in [1.82, 2.24) is 9.97 Å². The Balaban J connectivity index is 1.63. The summed E-state index contributed by atoms with van der Waals surface area (Å²) in [6, 6.07) is 7.83. The van der Waals surface area contributed by atoms with E-state index in [1.165, 1.54) is 17.5 Å². The van der Waals surface area contributed by atoms with E-state index in [-0.39, 0.29) is 5.91 Å². The molecule has 1 aliphatic rings. The second-order valence-corrected chi connectivity index (χ2v) is 5.56. The SMILES string of the molecule is Cc1ccnc(NC(=O)C(C)Oc2ccc3c(c2)CCC3)n1. The van der Waals surface area contributed by atoms with E-state index in [0.717, 1.165) is 24.3 Å². The number of amides is 1. The first-order chi connectivity index (χ1) is 10.6. The van der Waals surface area contributed by atoms with E-state index in [0.29, 0.717) is 5.95 Å². The van der Waals surface area contributed by atoms with Crippen LogP contribution >= 0.6 is 0 Å². The minimum absolute atomic E-state index is 0.258. The molecule has 1 N–H and O–H groups in total. The Kier molecular flexibility index (Phi) is 4.04. The van der Waals surface area contributed by atoms with Gasteiger partial charge in [-0.1, -0.05) is 6.07 Å². The van der Waals surface area contributed by atoms with Crippen LogP contribution in [0.25, 0.3) is 0 Å². The van der Waals surface area contributed by atoms with Crippen molar-refractivity contribution in [1.29, 1.82) is 0 Å². The maximum absolute atomic E-state index is 12.1. The number of nitrogens with one attached hydrogen (secondary N) is 1. The highest BCUT2D eigenvalue weighted by Gasteiger charge is 2.17. The van der Waals surface area contributed by atoms with Gasteiger partial charge in [-0.15, -0.1) is 0 Å². The first-order valence-corrected chi connectivity index (χ1v) is 7.51. The first kappa shape index (κ1) is 14.5. The summed E-state index contributed by atoms with van der Waals surface area (Å²) in [5.74, 6) is 0.772. The van der Waals surface area contributed by atoms with Crippen LogP contribution in [0, 0.1) is 6.92 Å². The molecular weight excluding hydrogens is 278 g/mol. The van der Waals surface area contributed by atoms with Gasteiger partial charge in [0, 0.05) is 11.9 Å². The zero-order valence-corrected chi connectivity index (χ0v) is 12.8. The average molecular weight is 297 g/mol. The monoisotopic (exact) mass is 297 g/mol. The molecule has 1 atom stereocenters. The Morgan fingerprint density at radius 1 is 1.27 bits per heavy atom. The molecule has 5 heteroatoms. The third-order valence-corrected chi connectivity index (χ3v) is 3.78. The van der Waals surface area contributed by atoms with E-state index in [1.54, 1.807) is 19.2 Å². The van der Waals surface area contributed by atoms with Crippen molar-refractivity contribution in [3.8, 4) is 5.75 Å². The largest absolute Gasteiger partial charge is 0.481 e. The normalized spacial score (nSPS) is 14.3. The maximum atomic E-state index is 12.1. The highest BCUT2D eigenvalue weighted by Crippen LogP contribution is 2.26. The number of ether oxygens (including phenoxy) is 1. The van der Waals surface area contributed by atoms with Gasteiger partial charge < -0.3 is 4.74 Å². The number of nitrogens with zero attached hydrogens (tertiary/aromatic N) is 2. The highest BCUT2D eigenvalue weighted by molar-refractivity contribution is 5.92. The topological polar surface area (TPSA) is 64.1 Å². The third-order valence-electron chi connectivity index (χ3n) is 3.78. The van der Waals surface area contributed by atoms with E-state index in [1.807, 2.05) is 19.1 Å². The van der Waals surface area contributed by atoms with Crippen LogP contribution in [0.3, 0.4) is 0 Å². The van der Waals surface area contributed by atoms with Crippen LogP contribution in [0.15, 0.2) is 30.5 Å². The number of carbonyl (C=O) groups is 1. The minimum Gasteiger partial charge on any atom is -0.481 e. The predicted octanol–water partition coefficient (Wildman–Crippen LogP) is 2.68. The fourth-order valence-electron chi connectivity index (χ4n) is 2.60. The van der Waals surface area contributed by atoms with Crippen LogP contribution in [-0.2, 0) is 17.6 Å². The number of aromatic nitrogens is 2. The molecule has 0 saturated carbocycles. The molecule has 3 rings (SSSR count). The van der Waals surface area contributed by atoms with Gasteiger partial charge in [0.25, 0.3) is 5.91 Å². The van der Waals surface area contributed by atoms with E-state index in [9.17, 15) is 4.79 Å². The Bertz CT molecular complexity index is 700. The van der Waals surface area contributed by atoms with Crippen molar-refractivity contribution < 1.29 is 9.53 Å². The fraction of sp³-hybridized carbons (Fsp3) is 0.353. The summed E-state index contributed by atoms with van der Waals surface area (Å²) in [4.78, 5) is 20.3. The summed E-state index contributed by atoms with van der Waals surface area (Å²) in [6.07, 6.45) is 4.42. The molecule has 114 valence electrons. The summed E-state index contributed by atoms with van der Waals surface area (Å²) in [7, 11) is 0. The Labute approximate surface area is 129 Å². The van der Waals surface area contributed by atoms with Crippen LogP contribution in [-0.4, -0.2) is 22.0 Å². The number of anilines is 1. The average Bonchev–Trinajstić information content (AvgIpc) is 2.94. The van der Waals surface area contributed by atoms with Crippen LogP contribution < -0.4 is 10.1 Å². The zero-order valence-electron chi connectivity index (χ0n) is 12.8. The van der Waals surface area contributed by atoms with Crippen LogP contribution in [0.4, 0.5) is 5.95 Å². The zero-order chi connectivity index (χ0) is 15.5. The quantitative estimate of drug-likeness (QED) is 0.942. The van der Waals surface area contributed by atoms with E-state index < -0.39 is 6.10 Å². The van der Waals surface area contributed by atoms with Gasteiger partial charge in [0.2, 0.25) is 5.95 Å². The Morgan fingerprint density at radius 2 is 2.09 bits per heavy atom. The van der Waals surface area contributed by atoms with Crippen molar-refractivity contribution in [2.24, 2.45) is 0 Å². The molecule has 1 aromatic carbocycles. The third kappa shape index (κ3) is 3.24. The molecule has 0 spiro atoms. The van der Waals surface area contributed by atoms with Crippen LogP contribution in [0.5, 0.6) is 5.75 Å². The summed E-state index contributed by atoms with van der Waals surface area (Å²) in [5.41, 5.74) is 3.52. The molecule has 1 aromatic heterocycles. The Hall–Kier alpha value is -2.43. The molecule has 1 amide bonds. The van der Waals surface area contributed by atoms with Crippen LogP contribution in [0.2, 0.25) is 0 Å². The smallest absolute Gasteiger partial charge is 0.267 e. The second-order valence-electron chi connectivity index (χ2n) is 5.56. The number of benzene rings is 1. The highest BCUT2D eigenvalue weighted by atomic mass is 16.5.